The number of carbonyl (C=O) groups excluding carboxylic acids is 1. The molecule has 0 saturated heterocycles. The van der Waals surface area contributed by atoms with Crippen LogP contribution >= 0.6 is 11.3 Å². The zero-order chi connectivity index (χ0) is 11.4. The van der Waals surface area contributed by atoms with E-state index in [-0.39, 0.29) is 0 Å². The minimum Gasteiger partial charge on any atom is -0.497 e. The standard InChI is InChI=1S/C12H11NO2S/c1-15-10-4-2-9(3-5-10)11-8-16-12(13-11)6-7-14/h2-5,7-8H,6H2,1H3. The molecule has 0 atom stereocenters. The number of hydrogen-bond acceptors (Lipinski definition) is 4. The zero-order valence-electron chi connectivity index (χ0n) is 8.84. The third-order valence-corrected chi connectivity index (χ3v) is 3.07. The molecule has 0 spiro atoms. The molecule has 1 aromatic carbocycles. The van der Waals surface area contributed by atoms with Crippen molar-refractivity contribution in [2.45, 2.75) is 6.42 Å². The molecule has 0 fully saturated rings. The van der Waals surface area contributed by atoms with Crippen molar-refractivity contribution in [3.63, 3.8) is 0 Å². The van der Waals surface area contributed by atoms with Gasteiger partial charge in [-0.1, -0.05) is 0 Å². The summed E-state index contributed by atoms with van der Waals surface area (Å²) in [7, 11) is 1.64. The van der Waals surface area contributed by atoms with Crippen LogP contribution in [-0.4, -0.2) is 18.4 Å². The highest BCUT2D eigenvalue weighted by Crippen LogP contribution is 2.23. The molecule has 0 aliphatic rings. The van der Waals surface area contributed by atoms with Gasteiger partial charge in [0, 0.05) is 10.9 Å². The lowest BCUT2D eigenvalue weighted by molar-refractivity contribution is -0.107. The van der Waals surface area contributed by atoms with Crippen molar-refractivity contribution >= 4 is 17.6 Å². The van der Waals surface area contributed by atoms with Crippen LogP contribution in [0.2, 0.25) is 0 Å². The Labute approximate surface area is 97.7 Å². The van der Waals surface area contributed by atoms with Crippen molar-refractivity contribution in [3.8, 4) is 17.0 Å². The largest absolute Gasteiger partial charge is 0.497 e. The van der Waals surface area contributed by atoms with Gasteiger partial charge in [0.15, 0.2) is 0 Å². The number of methoxy groups -OCH3 is 1. The molecule has 1 aromatic heterocycles. The Morgan fingerprint density at radius 1 is 1.38 bits per heavy atom. The van der Waals surface area contributed by atoms with Crippen LogP contribution in [0.15, 0.2) is 29.6 Å². The Bertz CT molecular complexity index is 476. The van der Waals surface area contributed by atoms with Gasteiger partial charge >= 0.3 is 0 Å². The van der Waals surface area contributed by atoms with Gasteiger partial charge in [-0.15, -0.1) is 11.3 Å². The molecular formula is C12H11NO2S. The molecule has 4 heteroatoms. The molecule has 0 N–H and O–H groups in total. The van der Waals surface area contributed by atoms with Gasteiger partial charge in [0.2, 0.25) is 0 Å². The summed E-state index contributed by atoms with van der Waals surface area (Å²) in [6, 6.07) is 7.71. The number of hydrogen-bond donors (Lipinski definition) is 0. The van der Waals surface area contributed by atoms with Crippen LogP contribution in [0.5, 0.6) is 5.75 Å². The van der Waals surface area contributed by atoms with Crippen molar-refractivity contribution in [3.05, 3.63) is 34.7 Å². The monoisotopic (exact) mass is 233 g/mol. The van der Waals surface area contributed by atoms with Gasteiger partial charge in [-0.25, -0.2) is 4.98 Å². The van der Waals surface area contributed by atoms with Crippen LogP contribution in [0.4, 0.5) is 0 Å². The van der Waals surface area contributed by atoms with Crippen LogP contribution < -0.4 is 4.74 Å². The maximum absolute atomic E-state index is 10.4. The van der Waals surface area contributed by atoms with Gasteiger partial charge < -0.3 is 9.53 Å². The lowest BCUT2D eigenvalue weighted by atomic mass is 10.2. The molecule has 0 aliphatic heterocycles. The van der Waals surface area contributed by atoms with Crippen LogP contribution in [-0.2, 0) is 11.2 Å². The maximum atomic E-state index is 10.4. The number of rotatable bonds is 4. The fraction of sp³-hybridized carbons (Fsp3) is 0.167. The van der Waals surface area contributed by atoms with E-state index < -0.39 is 0 Å². The van der Waals surface area contributed by atoms with E-state index in [0.29, 0.717) is 6.42 Å². The first kappa shape index (κ1) is 10.8. The zero-order valence-corrected chi connectivity index (χ0v) is 9.66. The third-order valence-electron chi connectivity index (χ3n) is 2.20. The fourth-order valence-electron chi connectivity index (χ4n) is 1.37. The molecule has 2 aromatic rings. The van der Waals surface area contributed by atoms with Gasteiger partial charge in [0.05, 0.1) is 19.2 Å². The molecule has 2 rings (SSSR count). The van der Waals surface area contributed by atoms with Crippen LogP contribution in [0.25, 0.3) is 11.3 Å². The highest BCUT2D eigenvalue weighted by molar-refractivity contribution is 7.10. The van der Waals surface area contributed by atoms with Gasteiger partial charge in [-0.05, 0) is 24.3 Å². The van der Waals surface area contributed by atoms with E-state index >= 15 is 0 Å². The summed E-state index contributed by atoms with van der Waals surface area (Å²) in [6.45, 7) is 0. The normalized spacial score (nSPS) is 10.1. The van der Waals surface area contributed by atoms with E-state index in [1.165, 1.54) is 11.3 Å². The summed E-state index contributed by atoms with van der Waals surface area (Å²) in [5, 5.41) is 2.81. The van der Waals surface area contributed by atoms with Crippen molar-refractivity contribution in [1.29, 1.82) is 0 Å². The van der Waals surface area contributed by atoms with Gasteiger partial charge in [0.25, 0.3) is 0 Å². The minimum absolute atomic E-state index is 0.390. The third kappa shape index (κ3) is 2.28. The Morgan fingerprint density at radius 3 is 2.75 bits per heavy atom. The van der Waals surface area contributed by atoms with Crippen molar-refractivity contribution in [2.24, 2.45) is 0 Å². The first-order chi connectivity index (χ1) is 7.83. The molecule has 1 heterocycles. The van der Waals surface area contributed by atoms with Crippen molar-refractivity contribution < 1.29 is 9.53 Å². The van der Waals surface area contributed by atoms with Crippen molar-refractivity contribution in [2.75, 3.05) is 7.11 Å². The molecule has 0 saturated carbocycles. The summed E-state index contributed by atoms with van der Waals surface area (Å²) in [5.74, 6) is 0.826. The fourth-order valence-corrected chi connectivity index (χ4v) is 2.12. The number of carbonyl (C=O) groups is 1. The Kier molecular flexibility index (Phi) is 3.31. The second kappa shape index (κ2) is 4.90. The van der Waals surface area contributed by atoms with E-state index in [4.69, 9.17) is 4.74 Å². The molecule has 3 nitrogen and oxygen atoms in total. The molecule has 16 heavy (non-hydrogen) atoms. The average molecular weight is 233 g/mol. The molecule has 82 valence electrons. The molecule has 0 aliphatic carbocycles. The second-order valence-electron chi connectivity index (χ2n) is 3.23. The maximum Gasteiger partial charge on any atom is 0.126 e. The highest BCUT2D eigenvalue weighted by Gasteiger charge is 2.04. The van der Waals surface area contributed by atoms with Crippen molar-refractivity contribution in [1.82, 2.24) is 4.98 Å². The quantitative estimate of drug-likeness (QED) is 0.762. The van der Waals surface area contributed by atoms with E-state index in [1.807, 2.05) is 29.6 Å². The van der Waals surface area contributed by atoms with E-state index in [0.717, 1.165) is 28.3 Å². The molecule has 0 unspecified atom stereocenters. The lowest BCUT2D eigenvalue weighted by Gasteiger charge is -2.00. The smallest absolute Gasteiger partial charge is 0.126 e. The second-order valence-corrected chi connectivity index (χ2v) is 4.17. The molecule has 0 amide bonds. The minimum atomic E-state index is 0.390. The Balaban J connectivity index is 2.24. The van der Waals surface area contributed by atoms with E-state index in [9.17, 15) is 4.79 Å². The van der Waals surface area contributed by atoms with E-state index in [2.05, 4.69) is 4.98 Å². The first-order valence-electron chi connectivity index (χ1n) is 4.86. The summed E-state index contributed by atoms with van der Waals surface area (Å²) >= 11 is 1.51. The molecule has 0 radical (unpaired) electrons. The SMILES string of the molecule is COc1ccc(-c2csc(CC=O)n2)cc1. The summed E-state index contributed by atoms with van der Waals surface area (Å²) in [6.07, 6.45) is 1.26. The number of ether oxygens (including phenoxy) is 1. The predicted octanol–water partition coefficient (Wildman–Crippen LogP) is 2.56. The first-order valence-corrected chi connectivity index (χ1v) is 5.74. The molecular weight excluding hydrogens is 222 g/mol. The summed E-state index contributed by atoms with van der Waals surface area (Å²) < 4.78 is 5.08. The number of benzene rings is 1. The van der Waals surface area contributed by atoms with Gasteiger partial charge in [-0.2, -0.15) is 0 Å². The Morgan fingerprint density at radius 2 is 2.12 bits per heavy atom. The van der Waals surface area contributed by atoms with Gasteiger partial charge in [-0.3, -0.25) is 0 Å². The summed E-state index contributed by atoms with van der Waals surface area (Å²) in [4.78, 5) is 14.7. The van der Waals surface area contributed by atoms with E-state index in [1.54, 1.807) is 7.11 Å². The average Bonchev–Trinajstić information content (AvgIpc) is 2.78. The highest BCUT2D eigenvalue weighted by atomic mass is 32.1. The predicted molar refractivity (Wildman–Crippen MR) is 63.9 cm³/mol. The van der Waals surface area contributed by atoms with Gasteiger partial charge in [0.1, 0.15) is 17.0 Å². The molecule has 0 bridgehead atoms. The number of aromatic nitrogens is 1. The topological polar surface area (TPSA) is 39.2 Å². The summed E-state index contributed by atoms with van der Waals surface area (Å²) in [5.41, 5.74) is 1.94. The number of aldehydes is 1. The Hall–Kier alpha value is -1.68. The van der Waals surface area contributed by atoms with Crippen LogP contribution in [0.3, 0.4) is 0 Å². The van der Waals surface area contributed by atoms with Crippen LogP contribution in [0.1, 0.15) is 5.01 Å². The lowest BCUT2D eigenvalue weighted by Crippen LogP contribution is -1.85. The number of nitrogens with zero attached hydrogens (tertiary/aromatic N) is 1. The number of thiazole rings is 1. The van der Waals surface area contributed by atoms with Crippen LogP contribution in [0, 0.1) is 0 Å².